The van der Waals surface area contributed by atoms with Crippen molar-refractivity contribution in [2.24, 2.45) is 21.8 Å². The molecular formula is C59H66N4O17. The van der Waals surface area contributed by atoms with Gasteiger partial charge in [-0.25, -0.2) is 19.8 Å². The minimum absolute atomic E-state index is 0.0290. The number of esters is 3. The van der Waals surface area contributed by atoms with Gasteiger partial charge < -0.3 is 53.8 Å². The highest BCUT2D eigenvalue weighted by Gasteiger charge is 2.78. The largest absolute Gasteiger partial charge is 0.456 e. The summed E-state index contributed by atoms with van der Waals surface area (Å²) in [4.78, 5) is 99.1. The highest BCUT2D eigenvalue weighted by Crippen LogP contribution is 2.64. The molecule has 1 heterocycles. The van der Waals surface area contributed by atoms with Gasteiger partial charge in [-0.3, -0.25) is 24.5 Å². The van der Waals surface area contributed by atoms with Crippen LogP contribution >= 0.6 is 0 Å². The maximum Gasteiger partial charge on any atom is 0.412 e. The van der Waals surface area contributed by atoms with Crippen LogP contribution in [0.15, 0.2) is 132 Å². The van der Waals surface area contributed by atoms with Gasteiger partial charge >= 0.3 is 24.0 Å². The number of nitrogens with one attached hydrogen (secondary N) is 3. The zero-order chi connectivity index (χ0) is 57.7. The summed E-state index contributed by atoms with van der Waals surface area (Å²) in [7, 11) is 1.51. The number of fused-ring (bicyclic) bond motifs is 5. The van der Waals surface area contributed by atoms with Crippen molar-refractivity contribution >= 4 is 53.0 Å². The van der Waals surface area contributed by atoms with Crippen molar-refractivity contribution in [3.8, 4) is 0 Å². The van der Waals surface area contributed by atoms with Crippen LogP contribution in [0, 0.1) is 16.7 Å². The van der Waals surface area contributed by atoms with Gasteiger partial charge in [0.2, 0.25) is 0 Å². The molecular weight excluding hydrogens is 1040 g/mol. The van der Waals surface area contributed by atoms with E-state index in [0.717, 1.165) is 6.92 Å². The third-order valence-electron chi connectivity index (χ3n) is 16.0. The van der Waals surface area contributed by atoms with Crippen LogP contribution in [0.5, 0.6) is 0 Å². The summed E-state index contributed by atoms with van der Waals surface area (Å²) in [5, 5.41) is 48.0. The van der Waals surface area contributed by atoms with Crippen LogP contribution in [0.3, 0.4) is 0 Å². The molecule has 21 nitrogen and oxygen atoms in total. The van der Waals surface area contributed by atoms with Crippen molar-refractivity contribution < 1.29 is 82.0 Å². The fourth-order valence-corrected chi connectivity index (χ4v) is 11.6. The molecule has 4 aliphatic rings. The second kappa shape index (κ2) is 24.0. The Labute approximate surface area is 461 Å². The average molecular weight is 1100 g/mol. The van der Waals surface area contributed by atoms with Crippen LogP contribution in [-0.2, 0) is 52.3 Å². The maximum atomic E-state index is 16.2. The molecule has 6 N–H and O–H groups in total. The normalized spacial score (nSPS) is 27.4. The van der Waals surface area contributed by atoms with Crippen LogP contribution in [0.25, 0.3) is 0 Å². The second-order valence-corrected chi connectivity index (χ2v) is 21.1. The lowest BCUT2D eigenvalue weighted by molar-refractivity contribution is -0.345. The second-order valence-electron chi connectivity index (χ2n) is 21.1. The van der Waals surface area contributed by atoms with Gasteiger partial charge in [0.05, 0.1) is 54.6 Å². The number of rotatable bonds is 18. The van der Waals surface area contributed by atoms with Gasteiger partial charge in [-0.15, -0.1) is 0 Å². The van der Waals surface area contributed by atoms with Crippen LogP contribution < -0.4 is 16.1 Å². The third kappa shape index (κ3) is 11.4. The predicted octanol–water partition coefficient (Wildman–Crippen LogP) is 4.92. The number of hydrazone groups is 1. The molecule has 0 aromatic heterocycles. The van der Waals surface area contributed by atoms with E-state index in [1.165, 1.54) is 59.1 Å². The van der Waals surface area contributed by atoms with Gasteiger partial charge in [-0.1, -0.05) is 92.7 Å². The molecule has 3 amide bonds. The van der Waals surface area contributed by atoms with E-state index >= 15 is 4.79 Å². The van der Waals surface area contributed by atoms with Crippen LogP contribution in [0.1, 0.15) is 92.3 Å². The minimum Gasteiger partial charge on any atom is -0.456 e. The molecule has 2 saturated carbocycles. The van der Waals surface area contributed by atoms with Crippen molar-refractivity contribution in [2.45, 2.75) is 108 Å². The fraction of sp³-hybridized carbons (Fsp3) is 0.424. The SMILES string of the molecule is COCCOCC(=O)N/N=C(/C)c1ccc(NC(=O)O[C@H]2C(=O)[C@@]3(C)[C@H]([C@H](OC(=O)c4ccccc4)[C@@]4(O)C[C@H](OC(=O)[C@H](O)[C@@H](NC(=O)c5ccccc5)c5ccccc5)C(C)=C2C4(C)C)[C@]2(OC(C)=O)CO[C@@H]2C[C@@H]3O)cc1. The molecule has 424 valence electrons. The molecule has 80 heavy (non-hydrogen) atoms. The summed E-state index contributed by atoms with van der Waals surface area (Å²) in [5.74, 6) is -6.83. The first-order chi connectivity index (χ1) is 38.1. The van der Waals surface area contributed by atoms with E-state index in [-0.39, 0.29) is 54.2 Å². The van der Waals surface area contributed by atoms with E-state index in [2.05, 4.69) is 21.2 Å². The highest BCUT2D eigenvalue weighted by atomic mass is 16.6. The first-order valence-electron chi connectivity index (χ1n) is 26.1. The molecule has 0 unspecified atom stereocenters. The van der Waals surface area contributed by atoms with E-state index in [0.29, 0.717) is 23.4 Å². The third-order valence-corrected chi connectivity index (χ3v) is 16.0. The van der Waals surface area contributed by atoms with E-state index in [1.807, 2.05) is 0 Å². The Morgan fingerprint density at radius 3 is 2.04 bits per heavy atom. The van der Waals surface area contributed by atoms with E-state index in [9.17, 15) is 44.1 Å². The maximum absolute atomic E-state index is 16.2. The number of ketones is 1. The van der Waals surface area contributed by atoms with Crippen molar-refractivity contribution in [1.29, 1.82) is 0 Å². The van der Waals surface area contributed by atoms with E-state index in [4.69, 9.17) is 33.2 Å². The number of Topliss-reactive ketones (excluding diaryl/α,β-unsaturated/α-hetero) is 1. The van der Waals surface area contributed by atoms with Crippen LogP contribution in [-0.4, -0.2) is 144 Å². The Morgan fingerprint density at radius 2 is 1.44 bits per heavy atom. The molecule has 21 heteroatoms. The van der Waals surface area contributed by atoms with Crippen molar-refractivity contribution in [1.82, 2.24) is 10.7 Å². The number of carbonyl (C=O) groups excluding carboxylic acids is 7. The molecule has 4 aromatic carbocycles. The number of carbonyl (C=O) groups is 7. The number of amides is 3. The van der Waals surface area contributed by atoms with Crippen molar-refractivity contribution in [3.05, 3.63) is 149 Å². The van der Waals surface area contributed by atoms with Crippen molar-refractivity contribution in [2.75, 3.05) is 38.9 Å². The van der Waals surface area contributed by atoms with Gasteiger partial charge in [-0.2, -0.15) is 5.10 Å². The summed E-state index contributed by atoms with van der Waals surface area (Å²) >= 11 is 0. The quantitative estimate of drug-likeness (QED) is 0.0192. The van der Waals surface area contributed by atoms with Gasteiger partial charge in [-0.05, 0) is 79.4 Å². The first-order valence-corrected chi connectivity index (χ1v) is 26.1. The molecule has 4 aromatic rings. The fourth-order valence-electron chi connectivity index (χ4n) is 11.6. The predicted molar refractivity (Wildman–Crippen MR) is 286 cm³/mol. The number of benzene rings is 4. The number of anilines is 1. The first kappa shape index (κ1) is 58.5. The summed E-state index contributed by atoms with van der Waals surface area (Å²) in [5.41, 5.74) is -4.27. The molecule has 0 spiro atoms. The van der Waals surface area contributed by atoms with Gasteiger partial charge in [0, 0.05) is 43.5 Å². The molecule has 8 rings (SSSR count). The minimum atomic E-state index is -2.51. The molecule has 1 aliphatic heterocycles. The Balaban J connectivity index is 1.21. The lowest BCUT2D eigenvalue weighted by Crippen LogP contribution is -2.82. The Hall–Kier alpha value is -7.66. The number of nitrogens with zero attached hydrogens (tertiary/aromatic N) is 1. The topological polar surface area (TPSA) is 293 Å². The molecule has 3 aliphatic carbocycles. The zero-order valence-corrected chi connectivity index (χ0v) is 45.3. The smallest absolute Gasteiger partial charge is 0.412 e. The Bertz CT molecular complexity index is 3030. The number of hydrogen-bond donors (Lipinski definition) is 6. The van der Waals surface area contributed by atoms with Crippen LogP contribution in [0.2, 0.25) is 0 Å². The molecule has 11 atom stereocenters. The summed E-state index contributed by atoms with van der Waals surface area (Å²) in [6.45, 7) is 8.61. The lowest BCUT2D eigenvalue weighted by Gasteiger charge is -2.67. The molecule has 2 bridgehead atoms. The number of aliphatic hydroxyl groups excluding tert-OH is 2. The standard InChI is InChI=1S/C59H66N4O17/c1-33-41(77-54(71)47(67)46(37-17-11-8-12-18-37)61-52(69)38-19-13-9-14-20-38)30-59(73)51(79-53(70)39-21-15-10-16-22-39)49-57(6,42(65)29-43-58(49,32-76-43)80-35(3)64)50(68)48(45(33)56(59,4)5)78-55(72)60-40-25-23-36(24-26-40)34(2)62-63-44(66)31-75-28-27-74-7/h8-26,41-43,46-49,51,65,67,73H,27-32H2,1-7H3,(H,60,72)(H,61,69)(H,63,66)/b62-34-/t41-,42-,43+,46-,47+,48+,49-,51-,57+,58-,59-/m0/s1. The monoisotopic (exact) mass is 1100 g/mol. The van der Waals surface area contributed by atoms with Gasteiger partial charge in [0.25, 0.3) is 11.8 Å². The number of hydrogen-bond acceptors (Lipinski definition) is 18. The summed E-state index contributed by atoms with van der Waals surface area (Å²) in [6, 6.07) is 28.9. The van der Waals surface area contributed by atoms with Crippen molar-refractivity contribution in [3.63, 3.8) is 0 Å². The lowest BCUT2D eigenvalue weighted by atomic mass is 9.44. The van der Waals surface area contributed by atoms with E-state index < -0.39 is 119 Å². The average Bonchev–Trinajstić information content (AvgIpc) is 2.03. The zero-order valence-electron chi connectivity index (χ0n) is 45.3. The molecule has 0 radical (unpaired) electrons. The van der Waals surface area contributed by atoms with E-state index in [1.54, 1.807) is 97.9 Å². The Kier molecular flexibility index (Phi) is 17.5. The number of methoxy groups -OCH3 is 1. The molecule has 3 fully saturated rings. The Morgan fingerprint density at radius 1 is 0.812 bits per heavy atom. The highest BCUT2D eigenvalue weighted by molar-refractivity contribution is 6.00. The van der Waals surface area contributed by atoms with Crippen LogP contribution in [0.4, 0.5) is 10.5 Å². The van der Waals surface area contributed by atoms with Gasteiger partial charge in [0.1, 0.15) is 30.5 Å². The number of aliphatic hydroxyl groups is 3. The summed E-state index contributed by atoms with van der Waals surface area (Å²) < 4.78 is 41.2. The van der Waals surface area contributed by atoms with Gasteiger partial charge in [0.15, 0.2) is 23.6 Å². The summed E-state index contributed by atoms with van der Waals surface area (Å²) in [6.07, 6.45) is -12.5. The number of ether oxygens (including phenoxy) is 7. The molecule has 1 saturated heterocycles.